The van der Waals surface area contributed by atoms with Crippen molar-refractivity contribution >= 4 is 32.7 Å². The van der Waals surface area contributed by atoms with Crippen molar-refractivity contribution in [1.29, 1.82) is 0 Å². The molecule has 5 rings (SSSR count). The van der Waals surface area contributed by atoms with Crippen LogP contribution in [0.2, 0.25) is 0 Å². The molecule has 0 bridgehead atoms. The molecule has 0 N–H and O–H groups in total. The van der Waals surface area contributed by atoms with Gasteiger partial charge in [0.25, 0.3) is 0 Å². The Morgan fingerprint density at radius 3 is 2.36 bits per heavy atom. The van der Waals surface area contributed by atoms with Crippen LogP contribution < -0.4 is 0 Å². The molecule has 0 saturated carbocycles. The van der Waals surface area contributed by atoms with E-state index in [1.54, 1.807) is 0 Å². The Morgan fingerprint density at radius 1 is 0.760 bits per heavy atom. The highest BCUT2D eigenvalue weighted by Crippen LogP contribution is 2.35. The van der Waals surface area contributed by atoms with E-state index in [0.717, 1.165) is 11.2 Å². The summed E-state index contributed by atoms with van der Waals surface area (Å²) in [6.45, 7) is 2.16. The van der Waals surface area contributed by atoms with Crippen LogP contribution in [0.15, 0.2) is 72.8 Å². The molecular weight excluding hydrogens is 304 g/mol. The van der Waals surface area contributed by atoms with Crippen molar-refractivity contribution in [2.24, 2.45) is 7.05 Å². The molecule has 0 atom stereocenters. The van der Waals surface area contributed by atoms with Crippen LogP contribution in [0.4, 0.5) is 0 Å². The van der Waals surface area contributed by atoms with E-state index in [0.29, 0.717) is 0 Å². The lowest BCUT2D eigenvalue weighted by molar-refractivity contribution is 1.01. The molecule has 2 heteroatoms. The van der Waals surface area contributed by atoms with Crippen LogP contribution in [0, 0.1) is 6.92 Å². The number of fused-ring (bicyclic) bond motifs is 4. The summed E-state index contributed by atoms with van der Waals surface area (Å²) < 4.78 is 2.28. The van der Waals surface area contributed by atoms with Gasteiger partial charge in [0.05, 0.1) is 16.7 Å². The van der Waals surface area contributed by atoms with Crippen molar-refractivity contribution in [3.05, 3.63) is 78.4 Å². The quantitative estimate of drug-likeness (QED) is 0.378. The number of pyridine rings is 1. The van der Waals surface area contributed by atoms with Crippen molar-refractivity contribution < 1.29 is 0 Å². The molecule has 2 aromatic heterocycles. The number of rotatable bonds is 1. The number of nitrogens with zero attached hydrogens (tertiary/aromatic N) is 2. The topological polar surface area (TPSA) is 17.8 Å². The zero-order valence-corrected chi connectivity index (χ0v) is 14.3. The van der Waals surface area contributed by atoms with Gasteiger partial charge in [-0.25, -0.2) is 4.98 Å². The number of hydrogen-bond acceptors (Lipinski definition) is 1. The summed E-state index contributed by atoms with van der Waals surface area (Å²) in [6, 6.07) is 25.6. The second-order valence-electron chi connectivity index (χ2n) is 6.62. The fraction of sp³-hybridized carbons (Fsp3) is 0.0870. The summed E-state index contributed by atoms with van der Waals surface area (Å²) in [5, 5.41) is 3.79. The first kappa shape index (κ1) is 14.2. The number of aromatic nitrogens is 2. The van der Waals surface area contributed by atoms with Gasteiger partial charge in [-0.15, -0.1) is 0 Å². The molecule has 0 aliphatic carbocycles. The maximum absolute atomic E-state index is 4.95. The van der Waals surface area contributed by atoms with Crippen molar-refractivity contribution in [2.75, 3.05) is 0 Å². The fourth-order valence-corrected chi connectivity index (χ4v) is 3.93. The predicted molar refractivity (Wildman–Crippen MR) is 106 cm³/mol. The summed E-state index contributed by atoms with van der Waals surface area (Å²) in [5.74, 6) is 0. The van der Waals surface area contributed by atoms with Gasteiger partial charge in [0.15, 0.2) is 0 Å². The normalized spacial score (nSPS) is 11.6. The molecule has 0 aliphatic rings. The van der Waals surface area contributed by atoms with E-state index in [1.165, 1.54) is 38.3 Å². The fourth-order valence-electron chi connectivity index (χ4n) is 3.93. The van der Waals surface area contributed by atoms with E-state index < -0.39 is 0 Å². The van der Waals surface area contributed by atoms with Crippen molar-refractivity contribution in [3.63, 3.8) is 0 Å². The first-order valence-corrected chi connectivity index (χ1v) is 8.57. The largest absolute Gasteiger partial charge is 0.343 e. The second-order valence-corrected chi connectivity index (χ2v) is 6.62. The van der Waals surface area contributed by atoms with Crippen LogP contribution in [-0.2, 0) is 7.05 Å². The summed E-state index contributed by atoms with van der Waals surface area (Å²) >= 11 is 0. The SMILES string of the molecule is Cc1cc(-c2cccc3c4ccccc4n(C)c23)nc2ccccc12. The molecule has 2 heterocycles. The van der Waals surface area contributed by atoms with Gasteiger partial charge in [0.2, 0.25) is 0 Å². The van der Waals surface area contributed by atoms with Gasteiger partial charge in [-0.1, -0.05) is 54.6 Å². The van der Waals surface area contributed by atoms with Crippen molar-refractivity contribution in [3.8, 4) is 11.3 Å². The molecule has 0 amide bonds. The molecule has 25 heavy (non-hydrogen) atoms. The van der Waals surface area contributed by atoms with Gasteiger partial charge >= 0.3 is 0 Å². The lowest BCUT2D eigenvalue weighted by atomic mass is 10.0. The van der Waals surface area contributed by atoms with E-state index in [2.05, 4.69) is 91.3 Å². The van der Waals surface area contributed by atoms with E-state index in [1.807, 2.05) is 0 Å². The molecule has 5 aromatic rings. The van der Waals surface area contributed by atoms with Crippen LogP contribution >= 0.6 is 0 Å². The third-order valence-electron chi connectivity index (χ3n) is 5.13. The van der Waals surface area contributed by atoms with E-state index in [-0.39, 0.29) is 0 Å². The number of hydrogen-bond donors (Lipinski definition) is 0. The van der Waals surface area contributed by atoms with E-state index in [9.17, 15) is 0 Å². The minimum atomic E-state index is 1.03. The minimum absolute atomic E-state index is 1.03. The number of para-hydroxylation sites is 3. The Bertz CT molecular complexity index is 1260. The maximum Gasteiger partial charge on any atom is 0.0733 e. The molecular formula is C23H18N2. The first-order valence-electron chi connectivity index (χ1n) is 8.57. The Morgan fingerprint density at radius 2 is 1.48 bits per heavy atom. The first-order chi connectivity index (χ1) is 12.2. The third-order valence-corrected chi connectivity index (χ3v) is 5.13. The Hall–Kier alpha value is -3.13. The summed E-state index contributed by atoms with van der Waals surface area (Å²) in [5.41, 5.74) is 7.02. The molecule has 120 valence electrons. The Labute approximate surface area is 146 Å². The average molecular weight is 322 g/mol. The highest BCUT2D eigenvalue weighted by molar-refractivity contribution is 6.12. The van der Waals surface area contributed by atoms with Crippen LogP contribution in [0.25, 0.3) is 44.0 Å². The van der Waals surface area contributed by atoms with Crippen LogP contribution in [0.5, 0.6) is 0 Å². The monoisotopic (exact) mass is 322 g/mol. The summed E-state index contributed by atoms with van der Waals surface area (Å²) in [4.78, 5) is 4.95. The highest BCUT2D eigenvalue weighted by atomic mass is 14.9. The van der Waals surface area contributed by atoms with Gasteiger partial charge in [-0.2, -0.15) is 0 Å². The Kier molecular flexibility index (Phi) is 2.95. The van der Waals surface area contributed by atoms with Crippen LogP contribution in [-0.4, -0.2) is 9.55 Å². The van der Waals surface area contributed by atoms with Crippen molar-refractivity contribution in [2.45, 2.75) is 6.92 Å². The van der Waals surface area contributed by atoms with Gasteiger partial charge in [0, 0.05) is 34.3 Å². The van der Waals surface area contributed by atoms with Crippen molar-refractivity contribution in [1.82, 2.24) is 9.55 Å². The summed E-state index contributed by atoms with van der Waals surface area (Å²) in [7, 11) is 2.14. The van der Waals surface area contributed by atoms with Crippen LogP contribution in [0.1, 0.15) is 5.56 Å². The van der Waals surface area contributed by atoms with Gasteiger partial charge < -0.3 is 4.57 Å². The second kappa shape index (κ2) is 5.18. The lowest BCUT2D eigenvalue weighted by Crippen LogP contribution is -1.93. The standard InChI is InChI=1S/C23H18N2/c1-15-14-21(24-20-12-5-3-8-16(15)20)19-11-7-10-18-17-9-4-6-13-22(17)25(2)23(18)19/h3-14H,1-2H3. The summed E-state index contributed by atoms with van der Waals surface area (Å²) in [6.07, 6.45) is 0. The zero-order chi connectivity index (χ0) is 17.0. The molecule has 0 saturated heterocycles. The molecule has 0 spiro atoms. The van der Waals surface area contributed by atoms with Gasteiger partial charge in [0.1, 0.15) is 0 Å². The molecule has 0 fully saturated rings. The maximum atomic E-state index is 4.95. The molecule has 0 aliphatic heterocycles. The number of benzene rings is 3. The third kappa shape index (κ3) is 2.01. The molecule has 3 aromatic carbocycles. The van der Waals surface area contributed by atoms with E-state index in [4.69, 9.17) is 4.98 Å². The molecule has 0 radical (unpaired) electrons. The number of aryl methyl sites for hydroxylation is 2. The Balaban J connectivity index is 1.90. The van der Waals surface area contributed by atoms with Gasteiger partial charge in [-0.3, -0.25) is 0 Å². The highest BCUT2D eigenvalue weighted by Gasteiger charge is 2.14. The minimum Gasteiger partial charge on any atom is -0.343 e. The smallest absolute Gasteiger partial charge is 0.0733 e. The molecule has 0 unspecified atom stereocenters. The van der Waals surface area contributed by atoms with E-state index >= 15 is 0 Å². The molecule has 2 nitrogen and oxygen atoms in total. The predicted octanol–water partition coefficient (Wildman–Crippen LogP) is 5.86. The lowest BCUT2D eigenvalue weighted by Gasteiger charge is -2.09. The zero-order valence-electron chi connectivity index (χ0n) is 14.3. The van der Waals surface area contributed by atoms with Gasteiger partial charge in [-0.05, 0) is 30.7 Å². The average Bonchev–Trinajstić information content (AvgIpc) is 2.95. The van der Waals surface area contributed by atoms with Crippen LogP contribution in [0.3, 0.4) is 0 Å².